The van der Waals surface area contributed by atoms with Gasteiger partial charge in [-0.15, -0.1) is 11.3 Å². The molecule has 0 aliphatic carbocycles. The summed E-state index contributed by atoms with van der Waals surface area (Å²) in [5.41, 5.74) is 0.514. The SMILES string of the molecule is O=C([O-])C[C@@H](NC(=O)c1cccs1)c1ccc(F)cc1. The monoisotopic (exact) mass is 292 g/mol. The highest BCUT2D eigenvalue weighted by molar-refractivity contribution is 7.12. The third-order valence-corrected chi connectivity index (χ3v) is 3.56. The van der Waals surface area contributed by atoms with Crippen molar-refractivity contribution in [3.8, 4) is 0 Å². The largest absolute Gasteiger partial charge is 0.550 e. The van der Waals surface area contributed by atoms with E-state index < -0.39 is 17.8 Å². The second-order valence-electron chi connectivity index (χ2n) is 4.13. The van der Waals surface area contributed by atoms with Gasteiger partial charge in [-0.2, -0.15) is 0 Å². The van der Waals surface area contributed by atoms with Crippen LogP contribution in [0.15, 0.2) is 41.8 Å². The van der Waals surface area contributed by atoms with Crippen LogP contribution in [-0.4, -0.2) is 11.9 Å². The molecule has 6 heteroatoms. The van der Waals surface area contributed by atoms with Gasteiger partial charge in [0.15, 0.2) is 0 Å². The summed E-state index contributed by atoms with van der Waals surface area (Å²) in [6.07, 6.45) is -0.372. The summed E-state index contributed by atoms with van der Waals surface area (Å²) in [6, 6.07) is 7.93. The maximum Gasteiger partial charge on any atom is 0.261 e. The molecule has 0 aliphatic heterocycles. The fourth-order valence-electron chi connectivity index (χ4n) is 1.75. The number of carbonyl (C=O) groups excluding carboxylic acids is 2. The fourth-order valence-corrected chi connectivity index (χ4v) is 2.38. The molecular formula is C14H11FNO3S-. The molecule has 1 aromatic carbocycles. The molecule has 1 N–H and O–H groups in total. The summed E-state index contributed by atoms with van der Waals surface area (Å²) in [4.78, 5) is 23.2. The molecule has 1 amide bonds. The number of hydrogen-bond acceptors (Lipinski definition) is 4. The van der Waals surface area contributed by atoms with Crippen LogP contribution in [0.4, 0.5) is 4.39 Å². The number of rotatable bonds is 5. The van der Waals surface area contributed by atoms with Crippen LogP contribution in [0.5, 0.6) is 0 Å². The normalized spacial score (nSPS) is 11.8. The minimum Gasteiger partial charge on any atom is -0.550 e. The summed E-state index contributed by atoms with van der Waals surface area (Å²) in [5, 5.41) is 15.1. The number of nitrogens with one attached hydrogen (secondary N) is 1. The minimum atomic E-state index is -1.29. The van der Waals surface area contributed by atoms with Crippen molar-refractivity contribution in [1.29, 1.82) is 0 Å². The van der Waals surface area contributed by atoms with Gasteiger partial charge in [0.2, 0.25) is 0 Å². The van der Waals surface area contributed by atoms with Crippen LogP contribution in [-0.2, 0) is 4.79 Å². The van der Waals surface area contributed by atoms with Crippen molar-refractivity contribution < 1.29 is 19.1 Å². The number of carboxylic acid groups (broad SMARTS) is 1. The molecule has 0 fully saturated rings. The van der Waals surface area contributed by atoms with Crippen molar-refractivity contribution in [2.45, 2.75) is 12.5 Å². The molecule has 4 nitrogen and oxygen atoms in total. The second-order valence-corrected chi connectivity index (χ2v) is 5.08. The Kier molecular flexibility index (Phi) is 4.47. The topological polar surface area (TPSA) is 69.2 Å². The molecule has 20 heavy (non-hydrogen) atoms. The first-order valence-electron chi connectivity index (χ1n) is 5.86. The first-order chi connectivity index (χ1) is 9.56. The van der Waals surface area contributed by atoms with E-state index in [1.165, 1.54) is 35.6 Å². The molecule has 1 heterocycles. The molecule has 0 saturated carbocycles. The molecule has 2 aromatic rings. The summed E-state index contributed by atoms with van der Waals surface area (Å²) in [7, 11) is 0. The zero-order valence-corrected chi connectivity index (χ0v) is 11.2. The molecule has 1 aromatic heterocycles. The van der Waals surface area contributed by atoms with Crippen molar-refractivity contribution in [3.63, 3.8) is 0 Å². The van der Waals surface area contributed by atoms with Crippen LogP contribution in [0.25, 0.3) is 0 Å². The Morgan fingerprint density at radius 2 is 1.95 bits per heavy atom. The van der Waals surface area contributed by atoms with E-state index in [0.29, 0.717) is 10.4 Å². The van der Waals surface area contributed by atoms with Gasteiger partial charge in [-0.25, -0.2) is 4.39 Å². The summed E-state index contributed by atoms with van der Waals surface area (Å²) < 4.78 is 12.9. The standard InChI is InChI=1S/C14H12FNO3S/c15-10-5-3-9(4-6-10)11(8-13(17)18)16-14(19)12-2-1-7-20-12/h1-7,11H,8H2,(H,16,19)(H,17,18)/p-1/t11-/m1/s1. The third kappa shape index (κ3) is 3.64. The molecule has 0 saturated heterocycles. The number of carbonyl (C=O) groups is 2. The van der Waals surface area contributed by atoms with Gasteiger partial charge >= 0.3 is 0 Å². The van der Waals surface area contributed by atoms with Crippen LogP contribution < -0.4 is 10.4 Å². The van der Waals surface area contributed by atoms with Crippen molar-refractivity contribution in [3.05, 3.63) is 58.0 Å². The lowest BCUT2D eigenvalue weighted by atomic mass is 10.0. The van der Waals surface area contributed by atoms with Gasteiger partial charge < -0.3 is 15.2 Å². The Morgan fingerprint density at radius 1 is 1.25 bits per heavy atom. The van der Waals surface area contributed by atoms with E-state index in [-0.39, 0.29) is 12.3 Å². The van der Waals surface area contributed by atoms with E-state index in [2.05, 4.69) is 5.32 Å². The Hall–Kier alpha value is -2.21. The van der Waals surface area contributed by atoms with Crippen LogP contribution >= 0.6 is 11.3 Å². The molecule has 0 spiro atoms. The second kappa shape index (κ2) is 6.29. The number of carboxylic acids is 1. The molecule has 2 rings (SSSR count). The highest BCUT2D eigenvalue weighted by atomic mass is 32.1. The highest BCUT2D eigenvalue weighted by Gasteiger charge is 2.16. The predicted octanol–water partition coefficient (Wildman–Crippen LogP) is 1.50. The molecule has 104 valence electrons. The van der Waals surface area contributed by atoms with Gasteiger partial charge in [0.1, 0.15) is 5.82 Å². The summed E-state index contributed by atoms with van der Waals surface area (Å²) in [6.45, 7) is 0. The van der Waals surface area contributed by atoms with Crippen molar-refractivity contribution in [2.75, 3.05) is 0 Å². The minimum absolute atomic E-state index is 0.365. The lowest BCUT2D eigenvalue weighted by Gasteiger charge is -2.19. The molecule has 0 bridgehead atoms. The van der Waals surface area contributed by atoms with Gasteiger partial charge in [-0.1, -0.05) is 18.2 Å². The maximum atomic E-state index is 12.9. The van der Waals surface area contributed by atoms with E-state index in [9.17, 15) is 19.1 Å². The molecular weight excluding hydrogens is 281 g/mol. The third-order valence-electron chi connectivity index (χ3n) is 2.69. The Morgan fingerprint density at radius 3 is 2.50 bits per heavy atom. The van der Waals surface area contributed by atoms with E-state index in [1.54, 1.807) is 17.5 Å². The molecule has 0 unspecified atom stereocenters. The quantitative estimate of drug-likeness (QED) is 0.908. The lowest BCUT2D eigenvalue weighted by molar-refractivity contribution is -0.306. The number of hydrogen-bond donors (Lipinski definition) is 1. The van der Waals surface area contributed by atoms with E-state index in [0.717, 1.165) is 0 Å². The number of halogens is 1. The number of aliphatic carboxylic acids is 1. The van der Waals surface area contributed by atoms with Crippen LogP contribution in [0.1, 0.15) is 27.7 Å². The lowest BCUT2D eigenvalue weighted by Crippen LogP contribution is -2.33. The average molecular weight is 292 g/mol. The smallest absolute Gasteiger partial charge is 0.261 e. The fraction of sp³-hybridized carbons (Fsp3) is 0.143. The maximum absolute atomic E-state index is 12.9. The zero-order chi connectivity index (χ0) is 14.5. The highest BCUT2D eigenvalue weighted by Crippen LogP contribution is 2.19. The zero-order valence-electron chi connectivity index (χ0n) is 10.3. The van der Waals surface area contributed by atoms with Crippen molar-refractivity contribution in [1.82, 2.24) is 5.32 Å². The van der Waals surface area contributed by atoms with Crippen molar-refractivity contribution >= 4 is 23.2 Å². The van der Waals surface area contributed by atoms with E-state index in [4.69, 9.17) is 0 Å². The van der Waals surface area contributed by atoms with Crippen LogP contribution in [0, 0.1) is 5.82 Å². The average Bonchev–Trinajstić information content (AvgIpc) is 2.92. The molecule has 1 atom stereocenters. The first-order valence-corrected chi connectivity index (χ1v) is 6.74. The first kappa shape index (κ1) is 14.2. The molecule has 0 radical (unpaired) electrons. The van der Waals surface area contributed by atoms with E-state index >= 15 is 0 Å². The Labute approximate surface area is 118 Å². The summed E-state index contributed by atoms with van der Waals surface area (Å²) >= 11 is 1.25. The van der Waals surface area contributed by atoms with Crippen molar-refractivity contribution in [2.24, 2.45) is 0 Å². The Bertz CT molecular complexity index is 595. The van der Waals surface area contributed by atoms with E-state index in [1.807, 2.05) is 0 Å². The number of benzene rings is 1. The predicted molar refractivity (Wildman–Crippen MR) is 70.6 cm³/mol. The van der Waals surface area contributed by atoms with Gasteiger partial charge in [0.25, 0.3) is 5.91 Å². The van der Waals surface area contributed by atoms with Gasteiger partial charge in [0, 0.05) is 12.4 Å². The Balaban J connectivity index is 2.17. The summed E-state index contributed by atoms with van der Waals surface area (Å²) in [5.74, 6) is -2.08. The number of thiophene rings is 1. The van der Waals surface area contributed by atoms with Gasteiger partial charge in [-0.3, -0.25) is 4.79 Å². The van der Waals surface area contributed by atoms with Gasteiger partial charge in [-0.05, 0) is 29.1 Å². The van der Waals surface area contributed by atoms with Crippen LogP contribution in [0.2, 0.25) is 0 Å². The van der Waals surface area contributed by atoms with Gasteiger partial charge in [0.05, 0.1) is 10.9 Å². The number of amides is 1. The van der Waals surface area contributed by atoms with Crippen LogP contribution in [0.3, 0.4) is 0 Å². The molecule has 0 aliphatic rings.